The summed E-state index contributed by atoms with van der Waals surface area (Å²) in [6.45, 7) is 0. The molecule has 1 rings (SSSR count). The standard InChI is InChI=1S/C6BrI5/c7-1-2(8)4(10)6(12)5(11)3(1)9. The molecule has 0 bridgehead atoms. The van der Waals surface area contributed by atoms with Crippen molar-refractivity contribution in [3.8, 4) is 0 Å². The number of benzene rings is 1. The molecule has 0 heterocycles. The minimum atomic E-state index is 1.22. The molecule has 0 atom stereocenters. The second-order valence-corrected chi connectivity index (χ2v) is 8.07. The molecule has 0 aliphatic heterocycles. The fourth-order valence-electron chi connectivity index (χ4n) is 0.578. The maximum Gasteiger partial charge on any atom is 0.0464 e. The number of rotatable bonds is 0. The molecule has 0 nitrogen and oxygen atoms in total. The van der Waals surface area contributed by atoms with E-state index in [1.54, 1.807) is 0 Å². The Morgan fingerprint density at radius 1 is 0.583 bits per heavy atom. The molecule has 0 N–H and O–H groups in total. The summed E-state index contributed by atoms with van der Waals surface area (Å²) < 4.78 is 7.87. The lowest BCUT2D eigenvalue weighted by Gasteiger charge is -2.08. The Kier molecular flexibility index (Phi) is 6.27. The van der Waals surface area contributed by atoms with Gasteiger partial charge in [-0.05, 0) is 129 Å². The molecule has 12 heavy (non-hydrogen) atoms. The largest absolute Gasteiger partial charge is 0.0484 e. The number of hydrogen-bond acceptors (Lipinski definition) is 0. The predicted octanol–water partition coefficient (Wildman–Crippen LogP) is 5.47. The van der Waals surface area contributed by atoms with Crippen molar-refractivity contribution in [2.75, 3.05) is 0 Å². The molecule has 0 amide bonds. The third-order valence-electron chi connectivity index (χ3n) is 1.16. The van der Waals surface area contributed by atoms with Crippen molar-refractivity contribution in [2.45, 2.75) is 0 Å². The molecular weight excluding hydrogens is 786 g/mol. The van der Waals surface area contributed by atoms with Gasteiger partial charge in [-0.25, -0.2) is 0 Å². The van der Waals surface area contributed by atoms with E-state index in [1.165, 1.54) is 22.3 Å². The highest BCUT2D eigenvalue weighted by Crippen LogP contribution is 2.36. The van der Waals surface area contributed by atoms with Crippen molar-refractivity contribution in [3.05, 3.63) is 22.3 Å². The zero-order valence-electron chi connectivity index (χ0n) is 5.27. The van der Waals surface area contributed by atoms with Crippen LogP contribution in [0.25, 0.3) is 0 Å². The third-order valence-corrected chi connectivity index (χ3v) is 13.0. The van der Waals surface area contributed by atoms with Gasteiger partial charge < -0.3 is 0 Å². The quantitative estimate of drug-likeness (QED) is 0.186. The van der Waals surface area contributed by atoms with Crippen LogP contribution in [0.15, 0.2) is 4.47 Å². The summed E-state index contributed by atoms with van der Waals surface area (Å²) in [7, 11) is 0. The first-order valence-corrected chi connectivity index (χ1v) is 8.82. The summed E-state index contributed by atoms with van der Waals surface area (Å²) in [5, 5.41) is 0. The smallest absolute Gasteiger partial charge is 0.0464 e. The predicted molar refractivity (Wildman–Crippen MR) is 97.7 cm³/mol. The topological polar surface area (TPSA) is 0 Å². The Hall–Kier alpha value is 3.35. The van der Waals surface area contributed by atoms with Gasteiger partial charge in [0.15, 0.2) is 0 Å². The minimum Gasteiger partial charge on any atom is -0.0484 e. The van der Waals surface area contributed by atoms with Crippen molar-refractivity contribution in [1.82, 2.24) is 0 Å². The molecule has 0 saturated heterocycles. The van der Waals surface area contributed by atoms with Crippen LogP contribution in [0.2, 0.25) is 0 Å². The highest BCUT2D eigenvalue weighted by Gasteiger charge is 2.14. The summed E-state index contributed by atoms with van der Waals surface area (Å²) in [4.78, 5) is 0. The van der Waals surface area contributed by atoms with Gasteiger partial charge in [-0.1, -0.05) is 0 Å². The fourth-order valence-corrected chi connectivity index (χ4v) is 6.48. The van der Waals surface area contributed by atoms with E-state index in [0.29, 0.717) is 0 Å². The maximum atomic E-state index is 3.59. The fraction of sp³-hybridized carbons (Fsp3) is 0. The molecule has 0 saturated carbocycles. The third kappa shape index (κ3) is 2.72. The van der Waals surface area contributed by atoms with E-state index in [2.05, 4.69) is 129 Å². The average molecular weight is 786 g/mol. The second kappa shape index (κ2) is 5.61. The Morgan fingerprint density at radius 2 is 0.833 bits per heavy atom. The Morgan fingerprint density at radius 3 is 1.17 bits per heavy atom. The van der Waals surface area contributed by atoms with Crippen molar-refractivity contribution in [2.24, 2.45) is 0 Å². The van der Waals surface area contributed by atoms with E-state index in [9.17, 15) is 0 Å². The summed E-state index contributed by atoms with van der Waals surface area (Å²) >= 11 is 15.5. The normalized spacial score (nSPS) is 10.5. The molecule has 1 aromatic rings. The Labute approximate surface area is 148 Å². The maximum absolute atomic E-state index is 3.59. The molecule has 0 unspecified atom stereocenters. The lowest BCUT2D eigenvalue weighted by atomic mass is 10.4. The van der Waals surface area contributed by atoms with Crippen LogP contribution in [-0.2, 0) is 0 Å². The summed E-state index contributed by atoms with van der Waals surface area (Å²) in [5.74, 6) is 0. The van der Waals surface area contributed by atoms with Crippen molar-refractivity contribution < 1.29 is 0 Å². The van der Waals surface area contributed by atoms with Crippen molar-refractivity contribution in [3.63, 3.8) is 0 Å². The van der Waals surface area contributed by atoms with E-state index >= 15 is 0 Å². The number of halogens is 6. The molecule has 0 aliphatic carbocycles. The SMILES string of the molecule is Brc1c(I)c(I)c(I)c(I)c1I. The first-order valence-electron chi connectivity index (χ1n) is 2.63. The minimum absolute atomic E-state index is 1.22. The lowest BCUT2D eigenvalue weighted by Crippen LogP contribution is -1.95. The Balaban J connectivity index is 3.60. The van der Waals surface area contributed by atoms with Gasteiger partial charge in [-0.3, -0.25) is 0 Å². The van der Waals surface area contributed by atoms with Gasteiger partial charge in [0, 0.05) is 22.3 Å². The zero-order valence-corrected chi connectivity index (χ0v) is 17.6. The highest BCUT2D eigenvalue weighted by molar-refractivity contribution is 14.1. The first-order chi connectivity index (χ1) is 5.46. The van der Waals surface area contributed by atoms with Crippen molar-refractivity contribution in [1.29, 1.82) is 0 Å². The van der Waals surface area contributed by atoms with Gasteiger partial charge in [-0.15, -0.1) is 0 Å². The molecular formula is C6BrI5. The van der Waals surface area contributed by atoms with Crippen LogP contribution >= 0.6 is 129 Å². The highest BCUT2D eigenvalue weighted by atomic mass is 127. The second-order valence-electron chi connectivity index (χ2n) is 1.88. The van der Waals surface area contributed by atoms with Crippen LogP contribution in [-0.4, -0.2) is 0 Å². The van der Waals surface area contributed by atoms with Gasteiger partial charge in [0.1, 0.15) is 0 Å². The van der Waals surface area contributed by atoms with Gasteiger partial charge in [-0.2, -0.15) is 0 Å². The van der Waals surface area contributed by atoms with Gasteiger partial charge >= 0.3 is 0 Å². The average Bonchev–Trinajstić information content (AvgIpc) is 2.08. The molecule has 0 spiro atoms. The summed E-state index contributed by atoms with van der Waals surface area (Å²) in [6, 6.07) is 0. The molecule has 6 heteroatoms. The first kappa shape index (κ1) is 13.4. The number of hydrogen-bond donors (Lipinski definition) is 0. The van der Waals surface area contributed by atoms with E-state index in [0.717, 1.165) is 0 Å². The van der Waals surface area contributed by atoms with Gasteiger partial charge in [0.05, 0.1) is 0 Å². The zero-order chi connectivity index (χ0) is 9.46. The molecule has 1 aromatic carbocycles. The molecule has 0 fully saturated rings. The van der Waals surface area contributed by atoms with E-state index < -0.39 is 0 Å². The van der Waals surface area contributed by atoms with Crippen LogP contribution in [0.1, 0.15) is 0 Å². The lowest BCUT2D eigenvalue weighted by molar-refractivity contribution is 1.40. The van der Waals surface area contributed by atoms with Crippen LogP contribution in [0.3, 0.4) is 0 Å². The molecule has 0 aromatic heterocycles. The van der Waals surface area contributed by atoms with E-state index in [1.807, 2.05) is 0 Å². The molecule has 66 valence electrons. The molecule has 0 aliphatic rings. The summed E-state index contributed by atoms with van der Waals surface area (Å²) in [5.41, 5.74) is 0. The Bertz CT molecular complexity index is 230. The van der Waals surface area contributed by atoms with Crippen LogP contribution < -0.4 is 0 Å². The van der Waals surface area contributed by atoms with Gasteiger partial charge in [0.25, 0.3) is 0 Å². The van der Waals surface area contributed by atoms with E-state index in [-0.39, 0.29) is 0 Å². The monoisotopic (exact) mass is 785 g/mol. The van der Waals surface area contributed by atoms with Crippen LogP contribution in [0.4, 0.5) is 0 Å². The van der Waals surface area contributed by atoms with Gasteiger partial charge in [0.2, 0.25) is 0 Å². The van der Waals surface area contributed by atoms with Crippen molar-refractivity contribution >= 4 is 129 Å². The van der Waals surface area contributed by atoms with Crippen LogP contribution in [0.5, 0.6) is 0 Å². The van der Waals surface area contributed by atoms with E-state index in [4.69, 9.17) is 0 Å². The summed E-state index contributed by atoms with van der Waals surface area (Å²) in [6.07, 6.45) is 0. The van der Waals surface area contributed by atoms with Crippen LogP contribution in [0, 0.1) is 17.9 Å². The molecule has 0 radical (unpaired) electrons.